The van der Waals surface area contributed by atoms with Crippen molar-refractivity contribution in [2.45, 2.75) is 69.7 Å². The van der Waals surface area contributed by atoms with Crippen LogP contribution in [0.25, 0.3) is 0 Å². The van der Waals surface area contributed by atoms with E-state index in [2.05, 4.69) is 10.2 Å². The SMILES string of the molecule is O=C(O)CCNC(=O)N1CCC(c2nc(C(=O)N3CCCC4CCCCC43)cs2)CC1. The van der Waals surface area contributed by atoms with Crippen molar-refractivity contribution < 1.29 is 19.5 Å². The van der Waals surface area contributed by atoms with E-state index in [1.807, 2.05) is 5.38 Å². The highest BCUT2D eigenvalue weighted by Crippen LogP contribution is 2.36. The van der Waals surface area contributed by atoms with Crippen LogP contribution in [-0.4, -0.2) is 70.0 Å². The van der Waals surface area contributed by atoms with Gasteiger partial charge in [0.2, 0.25) is 0 Å². The number of nitrogens with one attached hydrogen (secondary N) is 1. The smallest absolute Gasteiger partial charge is 0.317 e. The van der Waals surface area contributed by atoms with Gasteiger partial charge in [-0.3, -0.25) is 9.59 Å². The topological polar surface area (TPSA) is 103 Å². The molecule has 1 aromatic heterocycles. The Morgan fingerprint density at radius 1 is 1.06 bits per heavy atom. The van der Waals surface area contributed by atoms with Gasteiger partial charge < -0.3 is 20.2 Å². The Morgan fingerprint density at radius 3 is 2.58 bits per heavy atom. The number of aromatic nitrogens is 1. The Balaban J connectivity index is 1.30. The maximum absolute atomic E-state index is 13.2. The molecule has 3 amide bonds. The molecule has 8 nitrogen and oxygen atoms in total. The predicted octanol–water partition coefficient (Wildman–Crippen LogP) is 3.30. The molecule has 0 spiro atoms. The van der Waals surface area contributed by atoms with E-state index in [1.165, 1.54) is 25.7 Å². The molecule has 0 radical (unpaired) electrons. The van der Waals surface area contributed by atoms with E-state index in [-0.39, 0.29) is 30.8 Å². The van der Waals surface area contributed by atoms with Gasteiger partial charge >= 0.3 is 12.0 Å². The second kappa shape index (κ2) is 9.97. The van der Waals surface area contributed by atoms with E-state index in [4.69, 9.17) is 10.1 Å². The summed E-state index contributed by atoms with van der Waals surface area (Å²) < 4.78 is 0. The fraction of sp³-hybridized carbons (Fsp3) is 0.727. The molecule has 1 aliphatic carbocycles. The molecular weight excluding hydrogens is 416 g/mol. The fourth-order valence-electron chi connectivity index (χ4n) is 5.32. The van der Waals surface area contributed by atoms with E-state index >= 15 is 0 Å². The van der Waals surface area contributed by atoms with E-state index in [9.17, 15) is 14.4 Å². The third-order valence-electron chi connectivity index (χ3n) is 6.99. The second-order valence-electron chi connectivity index (χ2n) is 8.96. The first-order chi connectivity index (χ1) is 15.0. The lowest BCUT2D eigenvalue weighted by molar-refractivity contribution is -0.136. The molecule has 31 heavy (non-hydrogen) atoms. The third kappa shape index (κ3) is 5.19. The Labute approximate surface area is 187 Å². The number of hydrogen-bond donors (Lipinski definition) is 2. The van der Waals surface area contributed by atoms with Crippen LogP contribution < -0.4 is 5.32 Å². The van der Waals surface area contributed by atoms with Crippen molar-refractivity contribution in [2.24, 2.45) is 5.92 Å². The zero-order valence-electron chi connectivity index (χ0n) is 17.9. The second-order valence-corrected chi connectivity index (χ2v) is 9.85. The van der Waals surface area contributed by atoms with Crippen LogP contribution in [0.15, 0.2) is 5.38 Å². The molecule has 9 heteroatoms. The van der Waals surface area contributed by atoms with Gasteiger partial charge in [0.25, 0.3) is 5.91 Å². The molecule has 2 N–H and O–H groups in total. The molecular formula is C22H32N4O4S. The lowest BCUT2D eigenvalue weighted by Crippen LogP contribution is -2.49. The first-order valence-electron chi connectivity index (χ1n) is 11.5. The summed E-state index contributed by atoms with van der Waals surface area (Å²) in [6.07, 6.45) is 8.77. The van der Waals surface area contributed by atoms with E-state index in [1.54, 1.807) is 16.2 Å². The van der Waals surface area contributed by atoms with Crippen LogP contribution in [0.5, 0.6) is 0 Å². The largest absolute Gasteiger partial charge is 0.481 e. The highest BCUT2D eigenvalue weighted by atomic mass is 32.1. The predicted molar refractivity (Wildman–Crippen MR) is 117 cm³/mol. The van der Waals surface area contributed by atoms with Gasteiger partial charge in [-0.15, -0.1) is 11.3 Å². The number of rotatable bonds is 5. The maximum Gasteiger partial charge on any atom is 0.317 e. The minimum absolute atomic E-state index is 0.0727. The number of fused-ring (bicyclic) bond motifs is 1. The number of carboxylic acids is 1. The van der Waals surface area contributed by atoms with Crippen molar-refractivity contribution in [2.75, 3.05) is 26.2 Å². The highest BCUT2D eigenvalue weighted by Gasteiger charge is 2.37. The van der Waals surface area contributed by atoms with Crippen molar-refractivity contribution >= 4 is 29.2 Å². The third-order valence-corrected chi connectivity index (χ3v) is 8.00. The van der Waals surface area contributed by atoms with Gasteiger partial charge in [0, 0.05) is 43.5 Å². The number of urea groups is 1. The van der Waals surface area contributed by atoms with Gasteiger partial charge in [0.15, 0.2) is 0 Å². The molecule has 170 valence electrons. The van der Waals surface area contributed by atoms with E-state index in [0.29, 0.717) is 30.7 Å². The number of likely N-dealkylation sites (tertiary alicyclic amines) is 2. The van der Waals surface area contributed by atoms with Crippen LogP contribution >= 0.6 is 11.3 Å². The molecule has 2 atom stereocenters. The van der Waals surface area contributed by atoms with Gasteiger partial charge in [-0.05, 0) is 44.4 Å². The maximum atomic E-state index is 13.2. The summed E-state index contributed by atoms with van der Waals surface area (Å²) >= 11 is 1.56. The number of carbonyl (C=O) groups is 3. The number of nitrogens with zero attached hydrogens (tertiary/aromatic N) is 3. The normalized spacial score (nSPS) is 24.5. The minimum atomic E-state index is -0.920. The van der Waals surface area contributed by atoms with Crippen LogP contribution in [0.1, 0.15) is 79.2 Å². The summed E-state index contributed by atoms with van der Waals surface area (Å²) in [6, 6.07) is 0.185. The lowest BCUT2D eigenvalue weighted by atomic mass is 9.78. The molecule has 0 aromatic carbocycles. The molecule has 3 fully saturated rings. The monoisotopic (exact) mass is 448 g/mol. The van der Waals surface area contributed by atoms with E-state index < -0.39 is 5.97 Å². The number of aliphatic carboxylic acids is 1. The van der Waals surface area contributed by atoms with Crippen LogP contribution in [0, 0.1) is 5.92 Å². The van der Waals surface area contributed by atoms with Crippen molar-refractivity contribution in [3.05, 3.63) is 16.1 Å². The zero-order valence-corrected chi connectivity index (χ0v) is 18.7. The molecule has 2 unspecified atom stereocenters. The average Bonchev–Trinajstić information content (AvgIpc) is 3.28. The van der Waals surface area contributed by atoms with Gasteiger partial charge in [-0.2, -0.15) is 0 Å². The fourth-order valence-corrected chi connectivity index (χ4v) is 6.28. The summed E-state index contributed by atoms with van der Waals surface area (Å²) in [6.45, 7) is 2.22. The van der Waals surface area contributed by atoms with E-state index in [0.717, 1.165) is 37.2 Å². The number of carbonyl (C=O) groups excluding carboxylic acids is 2. The van der Waals surface area contributed by atoms with Crippen LogP contribution in [0.3, 0.4) is 0 Å². The standard InChI is InChI=1S/C22H32N4O4S/c27-19(28)7-10-23-22(30)25-12-8-16(9-13-25)20-24-17(14-31-20)21(29)26-11-3-5-15-4-1-2-6-18(15)26/h14-16,18H,1-13H2,(H,23,30)(H,27,28). The molecule has 2 aliphatic heterocycles. The number of thiazole rings is 1. The van der Waals surface area contributed by atoms with Crippen LogP contribution in [-0.2, 0) is 4.79 Å². The molecule has 4 rings (SSSR count). The summed E-state index contributed by atoms with van der Waals surface area (Å²) in [7, 11) is 0. The van der Waals surface area contributed by atoms with Crippen molar-refractivity contribution in [1.82, 2.24) is 20.1 Å². The van der Waals surface area contributed by atoms with Gasteiger partial charge in [0.1, 0.15) is 5.69 Å². The van der Waals surface area contributed by atoms with Crippen molar-refractivity contribution in [3.63, 3.8) is 0 Å². The lowest BCUT2D eigenvalue weighted by Gasteiger charge is -2.43. The van der Waals surface area contributed by atoms with Crippen molar-refractivity contribution in [1.29, 1.82) is 0 Å². The number of amides is 3. The van der Waals surface area contributed by atoms with Gasteiger partial charge in [-0.1, -0.05) is 12.8 Å². The zero-order chi connectivity index (χ0) is 21.8. The van der Waals surface area contributed by atoms with Crippen LogP contribution in [0.4, 0.5) is 4.79 Å². The summed E-state index contributed by atoms with van der Waals surface area (Å²) in [4.78, 5) is 44.5. The molecule has 1 aromatic rings. The highest BCUT2D eigenvalue weighted by molar-refractivity contribution is 7.09. The minimum Gasteiger partial charge on any atom is -0.481 e. The molecule has 2 saturated heterocycles. The summed E-state index contributed by atoms with van der Waals surface area (Å²) in [5.74, 6) is 0.0972. The van der Waals surface area contributed by atoms with Gasteiger partial charge in [-0.25, -0.2) is 9.78 Å². The van der Waals surface area contributed by atoms with Gasteiger partial charge in [0.05, 0.1) is 11.4 Å². The Kier molecular flexibility index (Phi) is 7.09. The van der Waals surface area contributed by atoms with Crippen molar-refractivity contribution in [3.8, 4) is 0 Å². The Bertz CT molecular complexity index is 803. The molecule has 3 heterocycles. The Morgan fingerprint density at radius 2 is 1.81 bits per heavy atom. The summed E-state index contributed by atoms with van der Waals surface area (Å²) in [5, 5.41) is 14.2. The average molecular weight is 449 g/mol. The molecule has 3 aliphatic rings. The number of piperidine rings is 2. The molecule has 0 bridgehead atoms. The molecule has 1 saturated carbocycles. The Hall–Kier alpha value is -2.16. The quantitative estimate of drug-likeness (QED) is 0.719. The van der Waals surface area contributed by atoms with Crippen LogP contribution in [0.2, 0.25) is 0 Å². The summed E-state index contributed by atoms with van der Waals surface area (Å²) in [5.41, 5.74) is 0.583. The number of hydrogen-bond acceptors (Lipinski definition) is 5. The number of carboxylic acid groups (broad SMARTS) is 1. The first-order valence-corrected chi connectivity index (χ1v) is 12.4. The first kappa shape index (κ1) is 22.0.